The number of imide groups is 1. The fourth-order valence-corrected chi connectivity index (χ4v) is 12.8. The molecule has 2 atom stereocenters. The zero-order chi connectivity index (χ0) is 51.0. The summed E-state index contributed by atoms with van der Waals surface area (Å²) < 4.78 is 9.61. The van der Waals surface area contributed by atoms with E-state index in [2.05, 4.69) is 55.4 Å². The fourth-order valence-electron chi connectivity index (χ4n) is 11.9. The highest BCUT2D eigenvalue weighted by molar-refractivity contribution is 7.22. The van der Waals surface area contributed by atoms with Crippen LogP contribution in [0.5, 0.6) is 5.75 Å². The number of aromatic nitrogens is 4. The lowest BCUT2D eigenvalue weighted by atomic mass is 9.84. The summed E-state index contributed by atoms with van der Waals surface area (Å²) in [5.41, 5.74) is 8.53. The molecule has 3 aliphatic heterocycles. The van der Waals surface area contributed by atoms with Crippen LogP contribution in [0.15, 0.2) is 91.0 Å². The number of nitrogens with zero attached hydrogens (tertiary/aromatic N) is 7. The van der Waals surface area contributed by atoms with Crippen molar-refractivity contribution in [3.63, 3.8) is 0 Å². The van der Waals surface area contributed by atoms with Crippen LogP contribution >= 0.6 is 11.3 Å². The zero-order valence-corrected chi connectivity index (χ0v) is 43.1. The Morgan fingerprint density at radius 1 is 0.851 bits per heavy atom. The van der Waals surface area contributed by atoms with E-state index in [0.717, 1.165) is 112 Å². The number of carbonyl (C=O) groups is 4. The predicted octanol–water partition coefficient (Wildman–Crippen LogP) is 9.91. The third-order valence-electron chi connectivity index (χ3n) is 16.1. The molecule has 3 N–H and O–H groups in total. The van der Waals surface area contributed by atoms with Crippen molar-refractivity contribution in [2.45, 2.75) is 103 Å². The highest BCUT2D eigenvalue weighted by Gasteiger charge is 2.33. The first-order valence-corrected chi connectivity index (χ1v) is 27.1. The highest BCUT2D eigenvalue weighted by atomic mass is 32.1. The molecule has 7 aromatic rings. The lowest BCUT2D eigenvalue weighted by Gasteiger charge is -2.39. The maximum absolute atomic E-state index is 13.7. The van der Waals surface area contributed by atoms with E-state index in [4.69, 9.17) is 14.8 Å². The number of aryl methyl sites for hydroxylation is 1. The molecule has 0 spiro atoms. The Hall–Kier alpha value is -7.17. The summed E-state index contributed by atoms with van der Waals surface area (Å²) in [6, 6.07) is 30.0. The molecule has 1 saturated carbocycles. The van der Waals surface area contributed by atoms with Gasteiger partial charge in [0.25, 0.3) is 5.91 Å². The van der Waals surface area contributed by atoms with Gasteiger partial charge < -0.3 is 19.6 Å². The molecule has 15 nitrogen and oxygen atoms in total. The van der Waals surface area contributed by atoms with Crippen molar-refractivity contribution in [2.75, 3.05) is 47.8 Å². The number of carbonyl (C=O) groups excluding carboxylic acids is 3. The molecule has 16 heteroatoms. The van der Waals surface area contributed by atoms with Gasteiger partial charge in [-0.05, 0) is 129 Å². The summed E-state index contributed by atoms with van der Waals surface area (Å²) in [6.07, 6.45) is 9.44. The second kappa shape index (κ2) is 21.0. The van der Waals surface area contributed by atoms with Crippen molar-refractivity contribution in [2.24, 2.45) is 13.0 Å². The molecule has 2 saturated heterocycles. The normalized spacial score (nSPS) is 19.9. The second-order valence-electron chi connectivity index (χ2n) is 20.6. The Morgan fingerprint density at radius 2 is 1.65 bits per heavy atom. The largest absolute Gasteiger partial charge is 0.490 e. The number of piperidine rings is 1. The summed E-state index contributed by atoms with van der Waals surface area (Å²) in [4.78, 5) is 67.6. The minimum atomic E-state index is -1.10. The minimum Gasteiger partial charge on any atom is -0.490 e. The van der Waals surface area contributed by atoms with Gasteiger partial charge in [0.15, 0.2) is 10.8 Å². The molecule has 0 bridgehead atoms. The Morgan fingerprint density at radius 3 is 2.45 bits per heavy atom. The van der Waals surface area contributed by atoms with E-state index >= 15 is 0 Å². The summed E-state index contributed by atoms with van der Waals surface area (Å²) in [5, 5.41) is 22.4. The van der Waals surface area contributed by atoms with Crippen LogP contribution in [0.2, 0.25) is 0 Å². The molecule has 1 aliphatic carbocycles. The number of hydrogen-bond acceptors (Lipinski definition) is 12. The Bertz CT molecular complexity index is 3250. The van der Waals surface area contributed by atoms with Crippen LogP contribution < -0.4 is 25.2 Å². The van der Waals surface area contributed by atoms with Crippen molar-refractivity contribution in [1.82, 2.24) is 30.0 Å². The summed E-state index contributed by atoms with van der Waals surface area (Å²) in [5.74, 6) is -0.215. The number of aromatic carboxylic acids is 1. The molecule has 3 aromatic heterocycles. The topological polar surface area (TPSA) is 175 Å². The van der Waals surface area contributed by atoms with E-state index in [-0.39, 0.29) is 29.5 Å². The van der Waals surface area contributed by atoms with Crippen LogP contribution in [-0.4, -0.2) is 98.3 Å². The Balaban J connectivity index is 0.664. The number of thiazole rings is 1. The number of para-hydroxylation sites is 2. The molecule has 3 amide bonds. The molecule has 2 unspecified atom stereocenters. The van der Waals surface area contributed by atoms with Crippen molar-refractivity contribution in [3.05, 3.63) is 125 Å². The molecular weight excluding hydrogens is 951 g/mol. The van der Waals surface area contributed by atoms with Crippen molar-refractivity contribution in [3.8, 4) is 16.9 Å². The molecule has 382 valence electrons. The van der Waals surface area contributed by atoms with Crippen molar-refractivity contribution >= 4 is 72.8 Å². The molecule has 3 fully saturated rings. The van der Waals surface area contributed by atoms with Crippen molar-refractivity contribution < 1.29 is 29.0 Å². The van der Waals surface area contributed by atoms with Crippen LogP contribution in [0, 0.1) is 12.8 Å². The SMILES string of the molecule is Cc1c(O[C@H]2CC[C@H](CCCC(C)N3CCN(c4cccc5c(C6CCC(=O)NC6=O)nn(C)c45)CC3)CC2)cccc1-c1ccc(N2CCc3cccc(C(=O)Nc4nc5ccccc5s4)c3C2)nc1C(=O)O. The number of carboxylic acid groups (broad SMARTS) is 1. The molecule has 4 aromatic carbocycles. The average Bonchev–Trinajstić information content (AvgIpc) is 3.99. The van der Waals surface area contributed by atoms with E-state index < -0.39 is 11.9 Å². The lowest BCUT2D eigenvalue weighted by molar-refractivity contribution is -0.134. The molecule has 0 radical (unpaired) electrons. The minimum absolute atomic E-state index is 0.0189. The van der Waals surface area contributed by atoms with Crippen LogP contribution in [0.25, 0.3) is 32.2 Å². The number of ether oxygens (including phenoxy) is 1. The van der Waals surface area contributed by atoms with Gasteiger partial charge >= 0.3 is 5.97 Å². The number of pyridine rings is 1. The molecule has 4 aliphatic rings. The van der Waals surface area contributed by atoms with Gasteiger partial charge in [-0.15, -0.1) is 0 Å². The molecule has 74 heavy (non-hydrogen) atoms. The van der Waals surface area contributed by atoms with Crippen LogP contribution in [0.4, 0.5) is 16.6 Å². The van der Waals surface area contributed by atoms with E-state index in [9.17, 15) is 24.3 Å². The summed E-state index contributed by atoms with van der Waals surface area (Å²) in [6.45, 7) is 9.24. The number of fused-ring (bicyclic) bond motifs is 3. The predicted molar refractivity (Wildman–Crippen MR) is 289 cm³/mol. The van der Waals surface area contributed by atoms with Gasteiger partial charge in [-0.3, -0.25) is 34.6 Å². The number of anilines is 3. The second-order valence-corrected chi connectivity index (χ2v) is 21.6. The van der Waals surface area contributed by atoms with Gasteiger partial charge in [-0.2, -0.15) is 5.10 Å². The Labute approximate surface area is 434 Å². The van der Waals surface area contributed by atoms with Gasteiger partial charge in [0.1, 0.15) is 11.6 Å². The maximum atomic E-state index is 13.7. The first kappa shape index (κ1) is 49.1. The quantitative estimate of drug-likeness (QED) is 0.0881. The van der Waals surface area contributed by atoms with Gasteiger partial charge in [0.05, 0.1) is 39.1 Å². The molecule has 11 rings (SSSR count). The number of carboxylic acids is 1. The van der Waals surface area contributed by atoms with E-state index in [1.54, 1.807) is 0 Å². The molecular formula is C58H63N9O6S. The lowest BCUT2D eigenvalue weighted by Crippen LogP contribution is -2.49. The number of benzene rings is 4. The Kier molecular flexibility index (Phi) is 13.9. The maximum Gasteiger partial charge on any atom is 0.355 e. The van der Waals surface area contributed by atoms with Gasteiger partial charge in [0, 0.05) is 75.3 Å². The average molecular weight is 1010 g/mol. The zero-order valence-electron chi connectivity index (χ0n) is 42.3. The van der Waals surface area contributed by atoms with Crippen LogP contribution in [0.3, 0.4) is 0 Å². The van der Waals surface area contributed by atoms with Crippen molar-refractivity contribution in [1.29, 1.82) is 0 Å². The number of amides is 3. The highest BCUT2D eigenvalue weighted by Crippen LogP contribution is 2.39. The van der Waals surface area contributed by atoms with Gasteiger partial charge in [-0.25, -0.2) is 14.8 Å². The van der Waals surface area contributed by atoms with E-state index in [1.165, 1.54) is 30.6 Å². The summed E-state index contributed by atoms with van der Waals surface area (Å²) in [7, 11) is 1.95. The number of piperazine rings is 1. The van der Waals surface area contributed by atoms with Crippen LogP contribution in [-0.2, 0) is 29.6 Å². The number of nitrogens with one attached hydrogen (secondary N) is 2. The third kappa shape index (κ3) is 9.96. The smallest absolute Gasteiger partial charge is 0.355 e. The first-order chi connectivity index (χ1) is 35.9. The number of rotatable bonds is 14. The van der Waals surface area contributed by atoms with Gasteiger partial charge in [0.2, 0.25) is 11.8 Å². The van der Waals surface area contributed by atoms with Crippen LogP contribution in [0.1, 0.15) is 114 Å². The van der Waals surface area contributed by atoms with E-state index in [1.807, 2.05) is 91.4 Å². The third-order valence-corrected chi connectivity index (χ3v) is 17.0. The van der Waals surface area contributed by atoms with Gasteiger partial charge in [-0.1, -0.05) is 72.7 Å². The summed E-state index contributed by atoms with van der Waals surface area (Å²) >= 11 is 1.44. The number of hydrogen-bond donors (Lipinski definition) is 3. The molecule has 6 heterocycles. The fraction of sp³-hybridized carbons (Fsp3) is 0.397. The first-order valence-electron chi connectivity index (χ1n) is 26.3. The van der Waals surface area contributed by atoms with E-state index in [0.29, 0.717) is 66.4 Å². The monoisotopic (exact) mass is 1010 g/mol. The standard InChI is InChI=1S/C58H63N9O6S/c1-35(65-30-32-66(33-31-65)47-17-8-15-43-52(63-64(3)54(43)47)44-25-27-51(68)61-56(44)70)10-6-11-37-20-22-39(23-21-37)73-48-18-9-13-40(36(48)2)41-24-26-50(60-53(41)57(71)72)67-29-28-38-12-7-14-42(45(38)34-67)55(69)62-58-59-46-16-4-5-19-49(46)74-58/h4-5,7-9,12-19,24,26,35,37,39,44H,6,10-11,20-23,25,27-34H2,1-3H3,(H,71,72)(H,59,62,69)(H,61,68,70)/t35?,37-,39-,44?.